The number of hydrogen-bond acceptors (Lipinski definition) is 3. The molecule has 4 heteroatoms. The van der Waals surface area contributed by atoms with Gasteiger partial charge in [-0.1, -0.05) is 49.4 Å². The molecule has 0 atom stereocenters. The highest BCUT2D eigenvalue weighted by molar-refractivity contribution is 7.86. The summed E-state index contributed by atoms with van der Waals surface area (Å²) in [6.45, 7) is 2.04. The standard InChI is InChI=1S/C15H16O3S/c1-2-13-8-10-15(11-9-13)18-19(16,17)12-14-6-4-3-5-7-14/h3-11H,2,12H2,1H3. The van der Waals surface area contributed by atoms with E-state index < -0.39 is 10.1 Å². The monoisotopic (exact) mass is 276 g/mol. The third-order valence-corrected chi connectivity index (χ3v) is 3.87. The molecule has 0 heterocycles. The van der Waals surface area contributed by atoms with Crippen molar-refractivity contribution in [3.05, 3.63) is 65.7 Å². The molecular formula is C15H16O3S. The van der Waals surface area contributed by atoms with E-state index in [0.29, 0.717) is 11.3 Å². The van der Waals surface area contributed by atoms with E-state index in [4.69, 9.17) is 4.18 Å². The Bertz CT molecular complexity index is 616. The van der Waals surface area contributed by atoms with E-state index in [2.05, 4.69) is 0 Å². The zero-order chi connectivity index (χ0) is 13.7. The van der Waals surface area contributed by atoms with E-state index >= 15 is 0 Å². The summed E-state index contributed by atoms with van der Waals surface area (Å²) in [6, 6.07) is 16.1. The highest BCUT2D eigenvalue weighted by Crippen LogP contribution is 2.17. The molecule has 2 aromatic rings. The van der Waals surface area contributed by atoms with Crippen molar-refractivity contribution in [3.63, 3.8) is 0 Å². The van der Waals surface area contributed by atoms with Gasteiger partial charge in [0.1, 0.15) is 11.5 Å². The highest BCUT2D eigenvalue weighted by atomic mass is 32.2. The molecule has 0 radical (unpaired) electrons. The molecule has 0 aliphatic rings. The van der Waals surface area contributed by atoms with Gasteiger partial charge in [0.05, 0.1) is 0 Å². The fourth-order valence-electron chi connectivity index (χ4n) is 1.74. The zero-order valence-electron chi connectivity index (χ0n) is 10.7. The molecule has 2 rings (SSSR count). The van der Waals surface area contributed by atoms with Gasteiger partial charge in [-0.15, -0.1) is 0 Å². The second-order valence-electron chi connectivity index (χ2n) is 4.27. The minimum absolute atomic E-state index is 0.122. The quantitative estimate of drug-likeness (QED) is 0.788. The molecule has 0 N–H and O–H groups in total. The first kappa shape index (κ1) is 13.6. The average molecular weight is 276 g/mol. The highest BCUT2D eigenvalue weighted by Gasteiger charge is 2.13. The Balaban J connectivity index is 2.08. The first-order valence-corrected chi connectivity index (χ1v) is 7.72. The maximum absolute atomic E-state index is 11.9. The van der Waals surface area contributed by atoms with Gasteiger partial charge in [0.15, 0.2) is 0 Å². The molecule has 0 amide bonds. The third-order valence-electron chi connectivity index (χ3n) is 2.74. The van der Waals surface area contributed by atoms with Crippen LogP contribution in [-0.2, 0) is 22.3 Å². The van der Waals surface area contributed by atoms with Crippen LogP contribution < -0.4 is 4.18 Å². The van der Waals surface area contributed by atoms with Crippen molar-refractivity contribution in [1.82, 2.24) is 0 Å². The van der Waals surface area contributed by atoms with Crippen LogP contribution in [0.4, 0.5) is 0 Å². The summed E-state index contributed by atoms with van der Waals surface area (Å²) >= 11 is 0. The van der Waals surface area contributed by atoms with Crippen LogP contribution in [0.2, 0.25) is 0 Å². The van der Waals surface area contributed by atoms with E-state index in [0.717, 1.165) is 12.0 Å². The Kier molecular flexibility index (Phi) is 4.22. The molecule has 0 saturated carbocycles. The van der Waals surface area contributed by atoms with Gasteiger partial charge >= 0.3 is 10.1 Å². The first-order valence-electron chi connectivity index (χ1n) is 6.14. The van der Waals surface area contributed by atoms with E-state index in [1.165, 1.54) is 0 Å². The van der Waals surface area contributed by atoms with Gasteiger partial charge in [0, 0.05) is 0 Å². The molecule has 0 aliphatic carbocycles. The zero-order valence-corrected chi connectivity index (χ0v) is 11.6. The van der Waals surface area contributed by atoms with Crippen LogP contribution in [0.15, 0.2) is 54.6 Å². The van der Waals surface area contributed by atoms with Crippen molar-refractivity contribution in [2.75, 3.05) is 0 Å². The molecular weight excluding hydrogens is 260 g/mol. The molecule has 2 aromatic carbocycles. The fourth-order valence-corrected chi connectivity index (χ4v) is 2.80. The van der Waals surface area contributed by atoms with E-state index in [9.17, 15) is 8.42 Å². The Labute approximate surface area is 114 Å². The predicted molar refractivity (Wildman–Crippen MR) is 75.5 cm³/mol. The van der Waals surface area contributed by atoms with Gasteiger partial charge in [-0.25, -0.2) is 0 Å². The Hall–Kier alpha value is -1.81. The maximum Gasteiger partial charge on any atom is 0.313 e. The van der Waals surface area contributed by atoms with Crippen molar-refractivity contribution >= 4 is 10.1 Å². The molecule has 0 unspecified atom stereocenters. The Morgan fingerprint density at radius 1 is 0.895 bits per heavy atom. The first-order chi connectivity index (χ1) is 9.09. The SMILES string of the molecule is CCc1ccc(OS(=O)(=O)Cc2ccccc2)cc1. The number of benzene rings is 2. The van der Waals surface area contributed by atoms with Gasteiger partial charge in [-0.2, -0.15) is 8.42 Å². The number of rotatable bonds is 5. The van der Waals surface area contributed by atoms with Crippen LogP contribution >= 0.6 is 0 Å². The average Bonchev–Trinajstić information content (AvgIpc) is 2.39. The van der Waals surface area contributed by atoms with E-state index in [-0.39, 0.29) is 5.75 Å². The fraction of sp³-hybridized carbons (Fsp3) is 0.200. The van der Waals surface area contributed by atoms with Gasteiger partial charge in [0.25, 0.3) is 0 Å². The molecule has 0 saturated heterocycles. The lowest BCUT2D eigenvalue weighted by Gasteiger charge is -2.07. The normalized spacial score (nSPS) is 11.2. The van der Waals surface area contributed by atoms with E-state index in [1.54, 1.807) is 36.4 Å². The van der Waals surface area contributed by atoms with Crippen LogP contribution in [-0.4, -0.2) is 8.42 Å². The van der Waals surface area contributed by atoms with Crippen molar-refractivity contribution in [3.8, 4) is 5.75 Å². The molecule has 0 bridgehead atoms. The summed E-state index contributed by atoms with van der Waals surface area (Å²) in [5.74, 6) is 0.233. The number of aryl methyl sites for hydroxylation is 1. The summed E-state index contributed by atoms with van der Waals surface area (Å²) in [7, 11) is -3.61. The van der Waals surface area contributed by atoms with E-state index in [1.807, 2.05) is 25.1 Å². The van der Waals surface area contributed by atoms with Crippen LogP contribution in [0.3, 0.4) is 0 Å². The van der Waals surface area contributed by atoms with Crippen LogP contribution in [0.1, 0.15) is 18.1 Å². The summed E-state index contributed by atoms with van der Waals surface area (Å²) in [5.41, 5.74) is 1.86. The van der Waals surface area contributed by atoms with Gasteiger partial charge < -0.3 is 4.18 Å². The smallest absolute Gasteiger partial charge is 0.313 e. The Morgan fingerprint density at radius 2 is 1.53 bits per heavy atom. The second-order valence-corrected chi connectivity index (χ2v) is 5.84. The molecule has 0 aliphatic heterocycles. The predicted octanol–water partition coefficient (Wildman–Crippen LogP) is 3.16. The molecule has 0 aromatic heterocycles. The van der Waals surface area contributed by atoms with Crippen LogP contribution in [0.25, 0.3) is 0 Å². The lowest BCUT2D eigenvalue weighted by molar-refractivity contribution is 0.485. The van der Waals surface area contributed by atoms with Crippen LogP contribution in [0.5, 0.6) is 5.75 Å². The van der Waals surface area contributed by atoms with Crippen molar-refractivity contribution < 1.29 is 12.6 Å². The molecule has 19 heavy (non-hydrogen) atoms. The summed E-state index contributed by atoms with van der Waals surface area (Å²) < 4.78 is 28.9. The molecule has 0 fully saturated rings. The second kappa shape index (κ2) is 5.89. The minimum atomic E-state index is -3.61. The van der Waals surface area contributed by atoms with Crippen molar-refractivity contribution in [1.29, 1.82) is 0 Å². The largest absolute Gasteiger partial charge is 0.382 e. The maximum atomic E-state index is 11.9. The lowest BCUT2D eigenvalue weighted by atomic mass is 10.2. The molecule has 3 nitrogen and oxygen atoms in total. The van der Waals surface area contributed by atoms with Crippen molar-refractivity contribution in [2.45, 2.75) is 19.1 Å². The van der Waals surface area contributed by atoms with Gasteiger partial charge in [0.2, 0.25) is 0 Å². The lowest BCUT2D eigenvalue weighted by Crippen LogP contribution is -2.12. The topological polar surface area (TPSA) is 43.4 Å². The van der Waals surface area contributed by atoms with Crippen LogP contribution in [0, 0.1) is 0 Å². The molecule has 0 spiro atoms. The summed E-state index contributed by atoms with van der Waals surface area (Å²) in [5, 5.41) is 0. The Morgan fingerprint density at radius 3 is 2.11 bits per heavy atom. The minimum Gasteiger partial charge on any atom is -0.382 e. The van der Waals surface area contributed by atoms with Gasteiger partial charge in [-0.05, 0) is 29.7 Å². The third kappa shape index (κ3) is 4.10. The number of hydrogen-bond donors (Lipinski definition) is 0. The summed E-state index contributed by atoms with van der Waals surface area (Å²) in [4.78, 5) is 0. The van der Waals surface area contributed by atoms with Gasteiger partial charge in [-0.3, -0.25) is 0 Å². The summed E-state index contributed by atoms with van der Waals surface area (Å²) in [6.07, 6.45) is 0.914. The molecule has 100 valence electrons. The van der Waals surface area contributed by atoms with Crippen molar-refractivity contribution in [2.24, 2.45) is 0 Å².